The zero-order valence-corrected chi connectivity index (χ0v) is 11.3. The molecule has 1 aromatic carbocycles. The highest BCUT2D eigenvalue weighted by Gasteiger charge is 2.16. The maximum Gasteiger partial charge on any atom is 0.360 e. The smallest absolute Gasteiger partial charge is 0.360 e. The molecule has 0 saturated heterocycles. The number of esters is 1. The van der Waals surface area contributed by atoms with E-state index >= 15 is 0 Å². The number of rotatable bonds is 2. The third-order valence-corrected chi connectivity index (χ3v) is 2.84. The zero-order valence-electron chi connectivity index (χ0n) is 9.76. The average Bonchev–Trinajstić information content (AvgIpc) is 2.38. The van der Waals surface area contributed by atoms with Crippen LogP contribution < -0.4 is 5.56 Å². The quantitative estimate of drug-likeness (QED) is 0.798. The normalized spacial score (nSPS) is 10.3. The summed E-state index contributed by atoms with van der Waals surface area (Å²) >= 11 is 11.6. The lowest BCUT2D eigenvalue weighted by Crippen LogP contribution is -2.24. The van der Waals surface area contributed by atoms with Gasteiger partial charge in [-0.25, -0.2) is 4.79 Å². The molecule has 0 unspecified atom stereocenters. The Morgan fingerprint density at radius 2 is 2.05 bits per heavy atom. The number of methoxy groups -OCH3 is 1. The number of nitrogens with zero attached hydrogens (tertiary/aromatic N) is 2. The molecule has 1 heterocycles. The van der Waals surface area contributed by atoms with Crippen molar-refractivity contribution in [3.8, 4) is 5.69 Å². The molecule has 7 heteroatoms. The minimum Gasteiger partial charge on any atom is -0.464 e. The van der Waals surface area contributed by atoms with Gasteiger partial charge < -0.3 is 4.74 Å². The molecule has 0 N–H and O–H groups in total. The molecule has 2 aromatic rings. The van der Waals surface area contributed by atoms with Crippen molar-refractivity contribution in [2.45, 2.75) is 0 Å². The minimum atomic E-state index is -0.722. The fourth-order valence-electron chi connectivity index (χ4n) is 1.46. The zero-order chi connectivity index (χ0) is 14.0. The van der Waals surface area contributed by atoms with Crippen LogP contribution in [0.4, 0.5) is 0 Å². The van der Waals surface area contributed by atoms with E-state index in [-0.39, 0.29) is 10.7 Å². The molecule has 0 radical (unpaired) electrons. The topological polar surface area (TPSA) is 61.2 Å². The van der Waals surface area contributed by atoms with E-state index in [2.05, 4.69) is 9.84 Å². The fraction of sp³-hybridized carbons (Fsp3) is 0.0833. The Kier molecular flexibility index (Phi) is 3.87. The van der Waals surface area contributed by atoms with Crippen molar-refractivity contribution in [2.75, 3.05) is 7.11 Å². The van der Waals surface area contributed by atoms with Crippen LogP contribution in [0.5, 0.6) is 0 Å². The van der Waals surface area contributed by atoms with E-state index in [0.717, 1.165) is 10.7 Å². The van der Waals surface area contributed by atoms with Crippen LogP contribution in [0, 0.1) is 0 Å². The van der Waals surface area contributed by atoms with Crippen molar-refractivity contribution < 1.29 is 9.53 Å². The molecule has 0 saturated carbocycles. The van der Waals surface area contributed by atoms with Crippen LogP contribution in [0.1, 0.15) is 10.5 Å². The summed E-state index contributed by atoms with van der Waals surface area (Å²) in [6.07, 6.45) is 0. The first-order valence-corrected chi connectivity index (χ1v) is 5.92. The highest BCUT2D eigenvalue weighted by atomic mass is 35.5. The number of hydrogen-bond donors (Lipinski definition) is 0. The second-order valence-electron chi connectivity index (χ2n) is 3.56. The van der Waals surface area contributed by atoms with E-state index in [4.69, 9.17) is 23.2 Å². The van der Waals surface area contributed by atoms with E-state index in [1.165, 1.54) is 7.11 Å². The van der Waals surface area contributed by atoms with Crippen molar-refractivity contribution in [2.24, 2.45) is 0 Å². The van der Waals surface area contributed by atoms with Crippen LogP contribution in [-0.2, 0) is 4.74 Å². The summed E-state index contributed by atoms with van der Waals surface area (Å²) in [7, 11) is 1.20. The van der Waals surface area contributed by atoms with Gasteiger partial charge in [0.05, 0.1) is 17.8 Å². The van der Waals surface area contributed by atoms with Crippen LogP contribution in [0.15, 0.2) is 35.1 Å². The molecule has 0 aliphatic heterocycles. The Bertz CT molecular complexity index is 698. The highest BCUT2D eigenvalue weighted by Crippen LogP contribution is 2.15. The maximum absolute atomic E-state index is 11.8. The van der Waals surface area contributed by atoms with Gasteiger partial charge in [-0.15, -0.1) is 0 Å². The Morgan fingerprint density at radius 1 is 1.32 bits per heavy atom. The van der Waals surface area contributed by atoms with Gasteiger partial charge in [0.2, 0.25) is 0 Å². The van der Waals surface area contributed by atoms with Crippen LogP contribution in [0.25, 0.3) is 5.69 Å². The van der Waals surface area contributed by atoms with E-state index in [1.807, 2.05) is 0 Å². The van der Waals surface area contributed by atoms with Gasteiger partial charge in [-0.05, 0) is 18.2 Å². The molecular formula is C12H8Cl2N2O3. The summed E-state index contributed by atoms with van der Waals surface area (Å²) in [6.45, 7) is 0. The third kappa shape index (κ3) is 2.77. The second kappa shape index (κ2) is 5.42. The Morgan fingerprint density at radius 3 is 2.68 bits per heavy atom. The molecule has 98 valence electrons. The predicted octanol–water partition coefficient (Wildman–Crippen LogP) is 2.33. The van der Waals surface area contributed by atoms with Gasteiger partial charge >= 0.3 is 5.97 Å². The van der Waals surface area contributed by atoms with Crippen molar-refractivity contribution in [3.63, 3.8) is 0 Å². The molecule has 1 aromatic heterocycles. The van der Waals surface area contributed by atoms with E-state index < -0.39 is 11.5 Å². The number of hydrogen-bond acceptors (Lipinski definition) is 4. The monoisotopic (exact) mass is 298 g/mol. The summed E-state index contributed by atoms with van der Waals surface area (Å²) in [5.41, 5.74) is -0.178. The highest BCUT2D eigenvalue weighted by molar-refractivity contribution is 6.33. The van der Waals surface area contributed by atoms with Gasteiger partial charge in [0.15, 0.2) is 5.69 Å². The summed E-state index contributed by atoms with van der Waals surface area (Å²) < 4.78 is 5.58. The van der Waals surface area contributed by atoms with Crippen molar-refractivity contribution in [1.82, 2.24) is 9.78 Å². The SMILES string of the molecule is COC(=O)c1nn(-c2cccc(Cl)c2)c(=O)cc1Cl. The number of carbonyl (C=O) groups is 1. The third-order valence-electron chi connectivity index (χ3n) is 2.32. The second-order valence-corrected chi connectivity index (χ2v) is 4.41. The van der Waals surface area contributed by atoms with Crippen LogP contribution in [-0.4, -0.2) is 22.9 Å². The number of aromatic nitrogens is 2. The number of ether oxygens (including phenoxy) is 1. The standard InChI is InChI=1S/C12H8Cl2N2O3/c1-19-12(18)11-9(14)6-10(17)16(15-11)8-4-2-3-7(13)5-8/h2-6H,1H3. The van der Waals surface area contributed by atoms with Gasteiger partial charge in [0.1, 0.15) is 0 Å². The number of halogens is 2. The Balaban J connectivity index is 2.64. The van der Waals surface area contributed by atoms with Gasteiger partial charge in [-0.3, -0.25) is 4.79 Å². The lowest BCUT2D eigenvalue weighted by molar-refractivity contribution is 0.0592. The molecule has 5 nitrogen and oxygen atoms in total. The van der Waals surface area contributed by atoms with Gasteiger partial charge in [0, 0.05) is 11.1 Å². The van der Waals surface area contributed by atoms with E-state index in [0.29, 0.717) is 10.7 Å². The molecule has 0 aliphatic rings. The minimum absolute atomic E-state index is 0.0601. The molecule has 0 atom stereocenters. The van der Waals surface area contributed by atoms with Crippen LogP contribution >= 0.6 is 23.2 Å². The Hall–Kier alpha value is -1.85. The Labute approximate surface area is 118 Å². The molecule has 0 fully saturated rings. The molecule has 2 rings (SSSR count). The van der Waals surface area contributed by atoms with Crippen LogP contribution in [0.2, 0.25) is 10.0 Å². The first-order valence-electron chi connectivity index (χ1n) is 5.17. The van der Waals surface area contributed by atoms with Crippen molar-refractivity contribution >= 4 is 29.2 Å². The van der Waals surface area contributed by atoms with Crippen molar-refractivity contribution in [3.05, 3.63) is 56.4 Å². The average molecular weight is 299 g/mol. The molecule has 0 aliphatic carbocycles. The summed E-state index contributed by atoms with van der Waals surface area (Å²) in [4.78, 5) is 23.3. The maximum atomic E-state index is 11.8. The van der Waals surface area contributed by atoms with E-state index in [9.17, 15) is 9.59 Å². The first-order chi connectivity index (χ1) is 9.02. The van der Waals surface area contributed by atoms with Gasteiger partial charge in [0.25, 0.3) is 5.56 Å². The predicted molar refractivity (Wildman–Crippen MR) is 71.2 cm³/mol. The van der Waals surface area contributed by atoms with Crippen molar-refractivity contribution in [1.29, 1.82) is 0 Å². The molecular weight excluding hydrogens is 291 g/mol. The summed E-state index contributed by atoms with van der Waals surface area (Å²) in [6, 6.07) is 7.60. The molecule has 0 amide bonds. The summed E-state index contributed by atoms with van der Waals surface area (Å²) in [5.74, 6) is -0.722. The first kappa shape index (κ1) is 13.6. The van der Waals surface area contributed by atoms with Gasteiger partial charge in [-0.2, -0.15) is 9.78 Å². The fourth-order valence-corrected chi connectivity index (χ4v) is 1.86. The number of carbonyl (C=O) groups excluding carboxylic acids is 1. The van der Waals surface area contributed by atoms with Crippen LogP contribution in [0.3, 0.4) is 0 Å². The molecule has 0 bridgehead atoms. The van der Waals surface area contributed by atoms with E-state index in [1.54, 1.807) is 24.3 Å². The lowest BCUT2D eigenvalue weighted by atomic mass is 10.3. The largest absolute Gasteiger partial charge is 0.464 e. The summed E-state index contributed by atoms with van der Waals surface area (Å²) in [5, 5.41) is 4.28. The molecule has 0 spiro atoms. The molecule has 19 heavy (non-hydrogen) atoms. The van der Waals surface area contributed by atoms with Gasteiger partial charge in [-0.1, -0.05) is 29.3 Å². The number of benzene rings is 1. The lowest BCUT2D eigenvalue weighted by Gasteiger charge is -2.07.